The molecule has 0 aliphatic rings. The molecule has 88 valence electrons. The third-order valence-corrected chi connectivity index (χ3v) is 3.52. The highest BCUT2D eigenvalue weighted by Gasteiger charge is 2.01. The van der Waals surface area contributed by atoms with Crippen LogP contribution in [0.25, 0.3) is 0 Å². The lowest BCUT2D eigenvalue weighted by atomic mass is 9.97. The normalized spacial score (nSPS) is 10.5. The van der Waals surface area contributed by atoms with Gasteiger partial charge in [-0.25, -0.2) is 0 Å². The molecule has 0 amide bonds. The van der Waals surface area contributed by atoms with Crippen molar-refractivity contribution in [3.05, 3.63) is 70.3 Å². The summed E-state index contributed by atoms with van der Waals surface area (Å²) in [7, 11) is 0. The smallest absolute Gasteiger partial charge is 0.0236 e. The van der Waals surface area contributed by atoms with Gasteiger partial charge in [-0.05, 0) is 55.9 Å². The Morgan fingerprint density at radius 2 is 1.47 bits per heavy atom. The van der Waals surface area contributed by atoms with Crippen LogP contribution in [0.15, 0.2) is 42.5 Å². The standard InChI is InChI=1S/C17H20/c1-13-7-9-16(10-8-13)11-12-17-6-4-5-14(2)15(17)3/h4-10H,11-12H2,1-3H3. The quantitative estimate of drug-likeness (QED) is 0.725. The Labute approximate surface area is 104 Å². The fourth-order valence-electron chi connectivity index (χ4n) is 2.12. The van der Waals surface area contributed by atoms with Crippen LogP contribution in [-0.4, -0.2) is 0 Å². The Morgan fingerprint density at radius 3 is 2.18 bits per heavy atom. The van der Waals surface area contributed by atoms with Crippen molar-refractivity contribution in [1.82, 2.24) is 0 Å². The Bertz CT molecular complexity index is 492. The van der Waals surface area contributed by atoms with Crippen LogP contribution in [0.1, 0.15) is 27.8 Å². The maximum Gasteiger partial charge on any atom is -0.0236 e. The second-order valence-corrected chi connectivity index (χ2v) is 4.84. The molecule has 0 atom stereocenters. The number of benzene rings is 2. The molecule has 0 bridgehead atoms. The van der Waals surface area contributed by atoms with Crippen LogP contribution in [0, 0.1) is 20.8 Å². The van der Waals surface area contributed by atoms with E-state index in [0.29, 0.717) is 0 Å². The van der Waals surface area contributed by atoms with E-state index in [2.05, 4.69) is 63.2 Å². The maximum absolute atomic E-state index is 2.25. The molecule has 0 aromatic heterocycles. The molecule has 17 heavy (non-hydrogen) atoms. The summed E-state index contributed by atoms with van der Waals surface area (Å²) in [6.07, 6.45) is 2.27. The molecular formula is C17H20. The summed E-state index contributed by atoms with van der Waals surface area (Å²) in [5.41, 5.74) is 7.08. The number of rotatable bonds is 3. The van der Waals surface area contributed by atoms with Gasteiger partial charge in [-0.2, -0.15) is 0 Å². The zero-order valence-electron chi connectivity index (χ0n) is 11.0. The maximum atomic E-state index is 2.25. The van der Waals surface area contributed by atoms with E-state index in [-0.39, 0.29) is 0 Å². The Balaban J connectivity index is 2.07. The van der Waals surface area contributed by atoms with Gasteiger partial charge in [0.25, 0.3) is 0 Å². The summed E-state index contributed by atoms with van der Waals surface area (Å²) >= 11 is 0. The molecule has 0 N–H and O–H groups in total. The molecule has 2 rings (SSSR count). The molecule has 0 unspecified atom stereocenters. The van der Waals surface area contributed by atoms with Gasteiger partial charge in [-0.1, -0.05) is 48.0 Å². The largest absolute Gasteiger partial charge is 0.0617 e. The lowest BCUT2D eigenvalue weighted by Gasteiger charge is -2.08. The Morgan fingerprint density at radius 1 is 0.765 bits per heavy atom. The zero-order valence-corrected chi connectivity index (χ0v) is 11.0. The summed E-state index contributed by atoms with van der Waals surface area (Å²) in [5, 5.41) is 0. The van der Waals surface area contributed by atoms with Crippen LogP contribution >= 0.6 is 0 Å². The van der Waals surface area contributed by atoms with Crippen molar-refractivity contribution in [2.24, 2.45) is 0 Å². The molecule has 0 saturated carbocycles. The zero-order chi connectivity index (χ0) is 12.3. The Kier molecular flexibility index (Phi) is 3.63. The predicted molar refractivity (Wildman–Crippen MR) is 74.5 cm³/mol. The highest BCUT2D eigenvalue weighted by molar-refractivity contribution is 5.34. The first-order valence-corrected chi connectivity index (χ1v) is 6.27. The fraction of sp³-hybridized carbons (Fsp3) is 0.294. The lowest BCUT2D eigenvalue weighted by Crippen LogP contribution is -1.95. The predicted octanol–water partition coefficient (Wildman–Crippen LogP) is 4.40. The molecule has 0 heteroatoms. The lowest BCUT2D eigenvalue weighted by molar-refractivity contribution is 0.944. The minimum Gasteiger partial charge on any atom is -0.0617 e. The van der Waals surface area contributed by atoms with Gasteiger partial charge in [0, 0.05) is 0 Å². The highest BCUT2D eigenvalue weighted by Crippen LogP contribution is 2.15. The van der Waals surface area contributed by atoms with Gasteiger partial charge in [0.05, 0.1) is 0 Å². The van der Waals surface area contributed by atoms with Crippen LogP contribution < -0.4 is 0 Å². The van der Waals surface area contributed by atoms with E-state index in [9.17, 15) is 0 Å². The van der Waals surface area contributed by atoms with Crippen LogP contribution in [0.5, 0.6) is 0 Å². The van der Waals surface area contributed by atoms with E-state index in [1.165, 1.54) is 27.8 Å². The van der Waals surface area contributed by atoms with Crippen LogP contribution in [0.4, 0.5) is 0 Å². The SMILES string of the molecule is Cc1ccc(CCc2cccc(C)c2C)cc1. The van der Waals surface area contributed by atoms with Crippen molar-refractivity contribution in [1.29, 1.82) is 0 Å². The average Bonchev–Trinajstić information content (AvgIpc) is 2.33. The first-order chi connectivity index (χ1) is 8.16. The fourth-order valence-corrected chi connectivity index (χ4v) is 2.12. The van der Waals surface area contributed by atoms with Gasteiger partial charge in [-0.15, -0.1) is 0 Å². The van der Waals surface area contributed by atoms with Crippen molar-refractivity contribution >= 4 is 0 Å². The van der Waals surface area contributed by atoms with Gasteiger partial charge >= 0.3 is 0 Å². The molecule has 0 nitrogen and oxygen atoms in total. The van der Waals surface area contributed by atoms with E-state index in [0.717, 1.165) is 12.8 Å². The summed E-state index contributed by atoms with van der Waals surface area (Å²) < 4.78 is 0. The second kappa shape index (κ2) is 5.18. The van der Waals surface area contributed by atoms with E-state index >= 15 is 0 Å². The van der Waals surface area contributed by atoms with Crippen molar-refractivity contribution in [2.45, 2.75) is 33.6 Å². The summed E-state index contributed by atoms with van der Waals surface area (Å²) in [5.74, 6) is 0. The summed E-state index contributed by atoms with van der Waals surface area (Å²) in [6, 6.07) is 15.5. The van der Waals surface area contributed by atoms with Crippen LogP contribution in [-0.2, 0) is 12.8 Å². The summed E-state index contributed by atoms with van der Waals surface area (Å²) in [6.45, 7) is 6.54. The van der Waals surface area contributed by atoms with Crippen LogP contribution in [0.2, 0.25) is 0 Å². The van der Waals surface area contributed by atoms with Crippen molar-refractivity contribution in [3.63, 3.8) is 0 Å². The minimum atomic E-state index is 1.13. The summed E-state index contributed by atoms with van der Waals surface area (Å²) in [4.78, 5) is 0. The van der Waals surface area contributed by atoms with Gasteiger partial charge < -0.3 is 0 Å². The molecule has 2 aromatic carbocycles. The minimum absolute atomic E-state index is 1.13. The molecule has 2 aromatic rings. The van der Waals surface area contributed by atoms with Gasteiger partial charge in [-0.3, -0.25) is 0 Å². The molecule has 0 aliphatic heterocycles. The van der Waals surface area contributed by atoms with Crippen molar-refractivity contribution in [3.8, 4) is 0 Å². The van der Waals surface area contributed by atoms with Crippen molar-refractivity contribution in [2.75, 3.05) is 0 Å². The number of aryl methyl sites for hydroxylation is 4. The molecule has 0 aliphatic carbocycles. The first-order valence-electron chi connectivity index (χ1n) is 6.27. The molecule has 0 spiro atoms. The molecular weight excluding hydrogens is 204 g/mol. The topological polar surface area (TPSA) is 0 Å². The monoisotopic (exact) mass is 224 g/mol. The third-order valence-electron chi connectivity index (χ3n) is 3.52. The highest BCUT2D eigenvalue weighted by atomic mass is 14.1. The van der Waals surface area contributed by atoms with Crippen LogP contribution in [0.3, 0.4) is 0 Å². The molecule has 0 fully saturated rings. The Hall–Kier alpha value is -1.56. The first kappa shape index (κ1) is 11.9. The number of hydrogen-bond acceptors (Lipinski definition) is 0. The van der Waals surface area contributed by atoms with E-state index < -0.39 is 0 Å². The second-order valence-electron chi connectivity index (χ2n) is 4.84. The molecule has 0 saturated heterocycles. The third kappa shape index (κ3) is 2.97. The van der Waals surface area contributed by atoms with Gasteiger partial charge in [0.1, 0.15) is 0 Å². The van der Waals surface area contributed by atoms with Gasteiger partial charge in [0.2, 0.25) is 0 Å². The molecule has 0 heterocycles. The van der Waals surface area contributed by atoms with E-state index in [1.807, 2.05) is 0 Å². The molecule has 0 radical (unpaired) electrons. The van der Waals surface area contributed by atoms with E-state index in [4.69, 9.17) is 0 Å². The van der Waals surface area contributed by atoms with Gasteiger partial charge in [0.15, 0.2) is 0 Å². The number of hydrogen-bond donors (Lipinski definition) is 0. The van der Waals surface area contributed by atoms with Crippen molar-refractivity contribution < 1.29 is 0 Å². The average molecular weight is 224 g/mol. The van der Waals surface area contributed by atoms with E-state index in [1.54, 1.807) is 0 Å².